The lowest BCUT2D eigenvalue weighted by Crippen LogP contribution is -2.16. The third kappa shape index (κ3) is 5.10. The van der Waals surface area contributed by atoms with Crippen LogP contribution in [0.25, 0.3) is 5.69 Å². The average Bonchev–Trinajstić information content (AvgIpc) is 2.97. The van der Waals surface area contributed by atoms with Crippen molar-refractivity contribution in [1.82, 2.24) is 9.78 Å². The summed E-state index contributed by atoms with van der Waals surface area (Å²) >= 11 is 0. The Morgan fingerprint density at radius 3 is 2.24 bits per heavy atom. The van der Waals surface area contributed by atoms with Gasteiger partial charge >= 0.3 is 0 Å². The van der Waals surface area contributed by atoms with Crippen LogP contribution in [0.4, 0.5) is 11.4 Å². The first-order chi connectivity index (χ1) is 14.0. The Hall–Kier alpha value is -3.41. The standard InChI is InChI=1S/C23H26N4O2/c1-4-9-22(28)24-18-10-8-11-19(14-18)25-23(29)15-21-16(2)26-27(17(21)3)20-12-6-5-7-13-20/h5-8,10-14H,4,9,15H2,1-3H3,(H,24,28)(H,25,29). The molecule has 0 spiro atoms. The van der Waals surface area contributed by atoms with Crippen LogP contribution >= 0.6 is 0 Å². The molecule has 3 aromatic rings. The Kier molecular flexibility index (Phi) is 6.44. The van der Waals surface area contributed by atoms with Crippen molar-refractivity contribution in [1.29, 1.82) is 0 Å². The fourth-order valence-corrected chi connectivity index (χ4v) is 3.24. The van der Waals surface area contributed by atoms with E-state index in [0.717, 1.165) is 29.1 Å². The van der Waals surface area contributed by atoms with Gasteiger partial charge in [0.1, 0.15) is 0 Å². The summed E-state index contributed by atoms with van der Waals surface area (Å²) in [5.41, 5.74) is 4.99. The Bertz CT molecular complexity index is 1010. The number of amides is 2. The summed E-state index contributed by atoms with van der Waals surface area (Å²) in [6.45, 7) is 5.85. The highest BCUT2D eigenvalue weighted by Crippen LogP contribution is 2.20. The number of carbonyl (C=O) groups is 2. The number of para-hydroxylation sites is 1. The van der Waals surface area contributed by atoms with Crippen LogP contribution in [0.5, 0.6) is 0 Å². The van der Waals surface area contributed by atoms with Crippen molar-refractivity contribution in [2.75, 3.05) is 10.6 Å². The first kappa shape index (κ1) is 20.3. The predicted molar refractivity (Wildman–Crippen MR) is 115 cm³/mol. The SMILES string of the molecule is CCCC(=O)Nc1cccc(NC(=O)Cc2c(C)nn(-c3ccccc3)c2C)c1. The van der Waals surface area contributed by atoms with E-state index in [-0.39, 0.29) is 18.2 Å². The molecule has 3 rings (SSSR count). The van der Waals surface area contributed by atoms with Gasteiger partial charge in [-0.2, -0.15) is 5.10 Å². The van der Waals surface area contributed by atoms with Crippen molar-refractivity contribution in [3.8, 4) is 5.69 Å². The Labute approximate surface area is 170 Å². The number of benzene rings is 2. The number of aryl methyl sites for hydroxylation is 1. The molecule has 2 N–H and O–H groups in total. The van der Waals surface area contributed by atoms with Gasteiger partial charge in [-0.1, -0.05) is 31.2 Å². The normalized spacial score (nSPS) is 10.6. The number of anilines is 2. The minimum Gasteiger partial charge on any atom is -0.326 e. The van der Waals surface area contributed by atoms with Crippen molar-refractivity contribution in [3.05, 3.63) is 71.5 Å². The van der Waals surface area contributed by atoms with Gasteiger partial charge in [-0.25, -0.2) is 4.68 Å². The lowest BCUT2D eigenvalue weighted by molar-refractivity contribution is -0.116. The van der Waals surface area contributed by atoms with Crippen molar-refractivity contribution >= 4 is 23.2 Å². The second kappa shape index (κ2) is 9.19. The quantitative estimate of drug-likeness (QED) is 0.627. The van der Waals surface area contributed by atoms with E-state index in [4.69, 9.17) is 0 Å². The van der Waals surface area contributed by atoms with Gasteiger partial charge < -0.3 is 10.6 Å². The van der Waals surface area contributed by atoms with Crippen LogP contribution in [0.3, 0.4) is 0 Å². The van der Waals surface area contributed by atoms with Crippen LogP contribution in [0.1, 0.15) is 36.7 Å². The van der Waals surface area contributed by atoms with E-state index in [0.29, 0.717) is 17.8 Å². The second-order valence-electron chi connectivity index (χ2n) is 7.00. The number of nitrogens with one attached hydrogen (secondary N) is 2. The third-order valence-corrected chi connectivity index (χ3v) is 4.69. The van der Waals surface area contributed by atoms with Crippen LogP contribution in [-0.4, -0.2) is 21.6 Å². The second-order valence-corrected chi connectivity index (χ2v) is 7.00. The molecule has 2 aromatic carbocycles. The van der Waals surface area contributed by atoms with Crippen molar-refractivity contribution in [3.63, 3.8) is 0 Å². The molecule has 0 saturated heterocycles. The van der Waals surface area contributed by atoms with Crippen LogP contribution < -0.4 is 10.6 Å². The molecule has 29 heavy (non-hydrogen) atoms. The smallest absolute Gasteiger partial charge is 0.228 e. The largest absolute Gasteiger partial charge is 0.326 e. The molecule has 150 valence electrons. The first-order valence-corrected chi connectivity index (χ1v) is 9.78. The number of hydrogen-bond donors (Lipinski definition) is 2. The zero-order chi connectivity index (χ0) is 20.8. The minimum atomic E-state index is -0.124. The maximum atomic E-state index is 12.6. The molecule has 0 atom stereocenters. The average molecular weight is 390 g/mol. The maximum Gasteiger partial charge on any atom is 0.228 e. The molecular weight excluding hydrogens is 364 g/mol. The zero-order valence-corrected chi connectivity index (χ0v) is 17.0. The Morgan fingerprint density at radius 2 is 1.59 bits per heavy atom. The van der Waals surface area contributed by atoms with E-state index < -0.39 is 0 Å². The van der Waals surface area contributed by atoms with Gasteiger partial charge in [0.25, 0.3) is 0 Å². The van der Waals surface area contributed by atoms with Crippen LogP contribution in [0.15, 0.2) is 54.6 Å². The van der Waals surface area contributed by atoms with Gasteiger partial charge in [-0.15, -0.1) is 0 Å². The summed E-state index contributed by atoms with van der Waals surface area (Å²) in [5, 5.41) is 10.3. The van der Waals surface area contributed by atoms with Crippen LogP contribution in [-0.2, 0) is 16.0 Å². The fraction of sp³-hybridized carbons (Fsp3) is 0.261. The molecular formula is C23H26N4O2. The van der Waals surface area contributed by atoms with Gasteiger partial charge in [-0.3, -0.25) is 9.59 Å². The summed E-state index contributed by atoms with van der Waals surface area (Å²) in [6.07, 6.45) is 1.50. The Balaban J connectivity index is 1.70. The van der Waals surface area contributed by atoms with Crippen molar-refractivity contribution in [2.24, 2.45) is 0 Å². The van der Waals surface area contributed by atoms with E-state index in [2.05, 4.69) is 15.7 Å². The lowest BCUT2D eigenvalue weighted by atomic mass is 10.1. The van der Waals surface area contributed by atoms with E-state index in [1.54, 1.807) is 24.3 Å². The van der Waals surface area contributed by atoms with E-state index in [1.807, 2.05) is 55.8 Å². The van der Waals surface area contributed by atoms with Crippen LogP contribution in [0.2, 0.25) is 0 Å². The first-order valence-electron chi connectivity index (χ1n) is 9.78. The van der Waals surface area contributed by atoms with E-state index >= 15 is 0 Å². The minimum absolute atomic E-state index is 0.0319. The molecule has 1 heterocycles. The van der Waals surface area contributed by atoms with Gasteiger partial charge in [0.15, 0.2) is 0 Å². The molecule has 0 bridgehead atoms. The molecule has 0 unspecified atom stereocenters. The monoisotopic (exact) mass is 390 g/mol. The van der Waals surface area contributed by atoms with Gasteiger partial charge in [0, 0.05) is 29.1 Å². The molecule has 0 aliphatic carbocycles. The molecule has 2 amide bonds. The molecule has 0 saturated carbocycles. The molecule has 0 aliphatic rings. The molecule has 1 aromatic heterocycles. The van der Waals surface area contributed by atoms with Crippen LogP contribution in [0, 0.1) is 13.8 Å². The van der Waals surface area contributed by atoms with Gasteiger partial charge in [-0.05, 0) is 50.6 Å². The summed E-state index contributed by atoms with van der Waals surface area (Å²) in [7, 11) is 0. The fourth-order valence-electron chi connectivity index (χ4n) is 3.24. The highest BCUT2D eigenvalue weighted by atomic mass is 16.2. The summed E-state index contributed by atoms with van der Waals surface area (Å²) < 4.78 is 1.86. The predicted octanol–water partition coefficient (Wildman–Crippen LogP) is 4.41. The van der Waals surface area contributed by atoms with Crippen molar-refractivity contribution in [2.45, 2.75) is 40.0 Å². The third-order valence-electron chi connectivity index (χ3n) is 4.69. The van der Waals surface area contributed by atoms with Gasteiger partial charge in [0.2, 0.25) is 11.8 Å². The molecule has 0 aliphatic heterocycles. The number of hydrogen-bond acceptors (Lipinski definition) is 3. The highest BCUT2D eigenvalue weighted by Gasteiger charge is 2.16. The number of aromatic nitrogens is 2. The molecule has 6 heteroatoms. The number of nitrogens with zero attached hydrogens (tertiary/aromatic N) is 2. The lowest BCUT2D eigenvalue weighted by Gasteiger charge is -2.09. The Morgan fingerprint density at radius 1 is 0.931 bits per heavy atom. The molecule has 0 radical (unpaired) electrons. The molecule has 6 nitrogen and oxygen atoms in total. The highest BCUT2D eigenvalue weighted by molar-refractivity contribution is 5.95. The van der Waals surface area contributed by atoms with E-state index in [9.17, 15) is 9.59 Å². The number of carbonyl (C=O) groups excluding carboxylic acids is 2. The molecule has 0 fully saturated rings. The number of rotatable bonds is 7. The summed E-state index contributed by atoms with van der Waals surface area (Å²) in [4.78, 5) is 24.4. The topological polar surface area (TPSA) is 76.0 Å². The zero-order valence-electron chi connectivity index (χ0n) is 17.0. The van der Waals surface area contributed by atoms with E-state index in [1.165, 1.54) is 0 Å². The van der Waals surface area contributed by atoms with Gasteiger partial charge in [0.05, 0.1) is 17.8 Å². The van der Waals surface area contributed by atoms with Crippen molar-refractivity contribution < 1.29 is 9.59 Å². The summed E-state index contributed by atoms with van der Waals surface area (Å²) in [5.74, 6) is -0.156. The summed E-state index contributed by atoms with van der Waals surface area (Å²) in [6, 6.07) is 17.0. The maximum absolute atomic E-state index is 12.6.